The van der Waals surface area contributed by atoms with Crippen LogP contribution in [0.2, 0.25) is 0 Å². The number of likely N-dealkylation sites (N-methyl/N-ethyl adjacent to an activating group) is 1. The number of rotatable bonds is 5. The van der Waals surface area contributed by atoms with Crippen molar-refractivity contribution < 1.29 is 4.79 Å². The summed E-state index contributed by atoms with van der Waals surface area (Å²) >= 11 is 0. The number of aromatic nitrogens is 4. The van der Waals surface area contributed by atoms with E-state index in [1.807, 2.05) is 31.2 Å². The van der Waals surface area contributed by atoms with E-state index in [9.17, 15) is 4.79 Å². The molecule has 100 valence electrons. The van der Waals surface area contributed by atoms with Crippen LogP contribution in [0, 0.1) is 6.92 Å². The largest absolute Gasteiger partial charge is 0.345 e. The molecule has 0 aliphatic rings. The smallest absolute Gasteiger partial charge is 0.226 e. The van der Waals surface area contributed by atoms with Gasteiger partial charge in [-0.3, -0.25) is 4.79 Å². The minimum atomic E-state index is 0.0901. The summed E-state index contributed by atoms with van der Waals surface area (Å²) in [6.45, 7) is 2.62. The number of nitrogens with zero attached hydrogens (tertiary/aromatic N) is 4. The van der Waals surface area contributed by atoms with Crippen LogP contribution < -0.4 is 0 Å². The lowest BCUT2D eigenvalue weighted by Gasteiger charge is -2.16. The molecule has 6 heteroatoms. The van der Waals surface area contributed by atoms with Gasteiger partial charge in [-0.1, -0.05) is 35.0 Å². The van der Waals surface area contributed by atoms with Gasteiger partial charge in [-0.2, -0.15) is 5.21 Å². The van der Waals surface area contributed by atoms with Crippen molar-refractivity contribution in [3.63, 3.8) is 0 Å². The molecule has 0 radical (unpaired) electrons. The number of nitrogens with one attached hydrogen (secondary N) is 1. The van der Waals surface area contributed by atoms with E-state index < -0.39 is 0 Å². The van der Waals surface area contributed by atoms with E-state index in [-0.39, 0.29) is 5.91 Å². The van der Waals surface area contributed by atoms with Gasteiger partial charge in [-0.05, 0) is 12.5 Å². The predicted molar refractivity (Wildman–Crippen MR) is 70.4 cm³/mol. The first-order valence-corrected chi connectivity index (χ1v) is 6.17. The van der Waals surface area contributed by atoms with E-state index in [0.29, 0.717) is 25.2 Å². The zero-order valence-corrected chi connectivity index (χ0v) is 11.1. The first-order chi connectivity index (χ1) is 9.15. The van der Waals surface area contributed by atoms with Crippen LogP contribution in [-0.2, 0) is 17.6 Å². The van der Waals surface area contributed by atoms with Crippen LogP contribution >= 0.6 is 0 Å². The highest BCUT2D eigenvalue weighted by molar-refractivity contribution is 5.78. The van der Waals surface area contributed by atoms with Crippen LogP contribution in [-0.4, -0.2) is 45.0 Å². The Hall–Kier alpha value is -2.24. The van der Waals surface area contributed by atoms with Crippen LogP contribution in [0.25, 0.3) is 0 Å². The molecule has 0 spiro atoms. The Kier molecular flexibility index (Phi) is 4.22. The van der Waals surface area contributed by atoms with Crippen LogP contribution in [0.1, 0.15) is 17.0 Å². The third-order valence-corrected chi connectivity index (χ3v) is 2.96. The molecule has 2 rings (SSSR count). The molecule has 0 bridgehead atoms. The number of carbonyl (C=O) groups is 1. The number of aryl methyl sites for hydroxylation is 1. The number of hydrogen-bond acceptors (Lipinski definition) is 4. The van der Waals surface area contributed by atoms with E-state index in [1.54, 1.807) is 11.9 Å². The van der Waals surface area contributed by atoms with Gasteiger partial charge in [0.2, 0.25) is 5.91 Å². The summed E-state index contributed by atoms with van der Waals surface area (Å²) in [6.07, 6.45) is 1.02. The SMILES string of the molecule is Cc1ccc(CC(=O)N(C)CCc2nn[nH]n2)cc1. The second kappa shape index (κ2) is 6.08. The summed E-state index contributed by atoms with van der Waals surface area (Å²) < 4.78 is 0. The molecule has 0 saturated heterocycles. The predicted octanol–water partition coefficient (Wildman–Crippen LogP) is 0.752. The summed E-state index contributed by atoms with van der Waals surface area (Å²) in [6, 6.07) is 8.00. The maximum absolute atomic E-state index is 12.0. The highest BCUT2D eigenvalue weighted by Gasteiger charge is 2.10. The number of hydrogen-bond donors (Lipinski definition) is 1. The normalized spacial score (nSPS) is 10.4. The number of amides is 1. The van der Waals surface area contributed by atoms with Gasteiger partial charge in [0, 0.05) is 20.0 Å². The molecule has 0 saturated carbocycles. The number of aromatic amines is 1. The molecule has 0 unspecified atom stereocenters. The Morgan fingerprint density at radius 1 is 1.32 bits per heavy atom. The molecular weight excluding hydrogens is 242 g/mol. The minimum absolute atomic E-state index is 0.0901. The number of tetrazole rings is 1. The fraction of sp³-hybridized carbons (Fsp3) is 0.385. The molecule has 1 N–H and O–H groups in total. The molecular formula is C13H17N5O. The maximum Gasteiger partial charge on any atom is 0.226 e. The van der Waals surface area contributed by atoms with E-state index >= 15 is 0 Å². The van der Waals surface area contributed by atoms with Crippen molar-refractivity contribution in [2.75, 3.05) is 13.6 Å². The van der Waals surface area contributed by atoms with Crippen LogP contribution in [0.5, 0.6) is 0 Å². The Bertz CT molecular complexity index is 520. The van der Waals surface area contributed by atoms with E-state index in [0.717, 1.165) is 5.56 Å². The van der Waals surface area contributed by atoms with Crippen molar-refractivity contribution in [1.82, 2.24) is 25.5 Å². The third kappa shape index (κ3) is 3.87. The van der Waals surface area contributed by atoms with Gasteiger partial charge in [0.25, 0.3) is 0 Å². The van der Waals surface area contributed by atoms with Gasteiger partial charge >= 0.3 is 0 Å². The molecule has 1 aromatic heterocycles. The fourth-order valence-electron chi connectivity index (χ4n) is 1.70. The van der Waals surface area contributed by atoms with Gasteiger partial charge in [0.1, 0.15) is 0 Å². The molecule has 19 heavy (non-hydrogen) atoms. The Balaban J connectivity index is 1.83. The van der Waals surface area contributed by atoms with E-state index in [1.165, 1.54) is 5.56 Å². The molecule has 1 amide bonds. The average molecular weight is 259 g/mol. The minimum Gasteiger partial charge on any atom is -0.345 e. The van der Waals surface area contributed by atoms with E-state index in [4.69, 9.17) is 0 Å². The molecule has 0 atom stereocenters. The first-order valence-electron chi connectivity index (χ1n) is 6.17. The van der Waals surface area contributed by atoms with Crippen molar-refractivity contribution in [2.24, 2.45) is 0 Å². The summed E-state index contributed by atoms with van der Waals surface area (Å²) in [5.41, 5.74) is 2.23. The fourth-order valence-corrected chi connectivity index (χ4v) is 1.70. The van der Waals surface area contributed by atoms with Gasteiger partial charge in [0.15, 0.2) is 5.82 Å². The quantitative estimate of drug-likeness (QED) is 0.860. The van der Waals surface area contributed by atoms with Gasteiger partial charge in [0.05, 0.1) is 6.42 Å². The Labute approximate surface area is 111 Å². The lowest BCUT2D eigenvalue weighted by Crippen LogP contribution is -2.30. The zero-order chi connectivity index (χ0) is 13.7. The number of carbonyl (C=O) groups excluding carboxylic acids is 1. The zero-order valence-electron chi connectivity index (χ0n) is 11.1. The monoisotopic (exact) mass is 259 g/mol. The van der Waals surface area contributed by atoms with Gasteiger partial charge in [-0.25, -0.2) is 0 Å². The summed E-state index contributed by atoms with van der Waals surface area (Å²) in [4.78, 5) is 13.7. The van der Waals surface area contributed by atoms with Crippen molar-refractivity contribution in [2.45, 2.75) is 19.8 Å². The highest BCUT2D eigenvalue weighted by Crippen LogP contribution is 2.05. The third-order valence-electron chi connectivity index (χ3n) is 2.96. The maximum atomic E-state index is 12.0. The summed E-state index contributed by atoms with van der Waals surface area (Å²) in [7, 11) is 1.79. The molecule has 0 aliphatic carbocycles. The standard InChI is InChI=1S/C13H17N5O/c1-10-3-5-11(6-4-10)9-13(19)18(2)8-7-12-14-16-17-15-12/h3-6H,7-9H2,1-2H3,(H,14,15,16,17). The van der Waals surface area contributed by atoms with Gasteiger partial charge < -0.3 is 4.90 Å². The topological polar surface area (TPSA) is 74.8 Å². The highest BCUT2D eigenvalue weighted by atomic mass is 16.2. The van der Waals surface area contributed by atoms with Crippen LogP contribution in [0.3, 0.4) is 0 Å². The molecule has 2 aromatic rings. The summed E-state index contributed by atoms with van der Waals surface area (Å²) in [5.74, 6) is 0.710. The number of benzene rings is 1. The molecule has 1 heterocycles. The molecule has 0 aliphatic heterocycles. The van der Waals surface area contributed by atoms with Crippen molar-refractivity contribution >= 4 is 5.91 Å². The molecule has 0 fully saturated rings. The second-order valence-corrected chi connectivity index (χ2v) is 4.56. The van der Waals surface area contributed by atoms with Crippen LogP contribution in [0.4, 0.5) is 0 Å². The lowest BCUT2D eigenvalue weighted by atomic mass is 10.1. The van der Waals surface area contributed by atoms with Crippen molar-refractivity contribution in [3.8, 4) is 0 Å². The van der Waals surface area contributed by atoms with E-state index in [2.05, 4.69) is 20.6 Å². The average Bonchev–Trinajstić information content (AvgIpc) is 2.91. The molecule has 6 nitrogen and oxygen atoms in total. The van der Waals surface area contributed by atoms with Crippen molar-refractivity contribution in [1.29, 1.82) is 0 Å². The molecule has 1 aromatic carbocycles. The lowest BCUT2D eigenvalue weighted by molar-refractivity contribution is -0.129. The summed E-state index contributed by atoms with van der Waals surface area (Å²) in [5, 5.41) is 13.6. The van der Waals surface area contributed by atoms with Gasteiger partial charge in [-0.15, -0.1) is 10.2 Å². The number of H-pyrrole nitrogens is 1. The second-order valence-electron chi connectivity index (χ2n) is 4.56. The van der Waals surface area contributed by atoms with Crippen molar-refractivity contribution in [3.05, 3.63) is 41.2 Å². The Morgan fingerprint density at radius 3 is 2.68 bits per heavy atom. The first kappa shape index (κ1) is 13.2. The van der Waals surface area contributed by atoms with Crippen LogP contribution in [0.15, 0.2) is 24.3 Å². The Morgan fingerprint density at radius 2 is 2.05 bits per heavy atom.